The normalized spacial score (nSPS) is 11.2. The van der Waals surface area contributed by atoms with Gasteiger partial charge in [0.25, 0.3) is 0 Å². The van der Waals surface area contributed by atoms with Crippen molar-refractivity contribution in [1.82, 2.24) is 0 Å². The van der Waals surface area contributed by atoms with Gasteiger partial charge in [-0.1, -0.05) is 42.5 Å². The van der Waals surface area contributed by atoms with Crippen molar-refractivity contribution in [2.24, 2.45) is 0 Å². The van der Waals surface area contributed by atoms with Crippen LogP contribution < -0.4 is 0 Å². The molecule has 0 aliphatic rings. The minimum Gasteiger partial charge on any atom is -0.507 e. The van der Waals surface area contributed by atoms with Gasteiger partial charge in [-0.25, -0.2) is 0 Å². The number of benzene rings is 3. The summed E-state index contributed by atoms with van der Waals surface area (Å²) in [5, 5.41) is 13.7. The lowest BCUT2D eigenvalue weighted by Crippen LogP contribution is -1.77. The van der Waals surface area contributed by atoms with Gasteiger partial charge in [0.15, 0.2) is 0 Å². The molecule has 4 rings (SSSR count). The predicted octanol–water partition coefficient (Wildman–Crippen LogP) is 5.43. The van der Waals surface area contributed by atoms with Crippen LogP contribution in [0, 0.1) is 0 Å². The van der Waals surface area contributed by atoms with Crippen LogP contribution >= 0.6 is 11.3 Å². The lowest BCUT2D eigenvalue weighted by Gasteiger charge is -2.05. The fourth-order valence-electron chi connectivity index (χ4n) is 2.54. The Morgan fingerprint density at radius 3 is 2.10 bits per heavy atom. The van der Waals surface area contributed by atoms with Crippen molar-refractivity contribution in [3.05, 3.63) is 66.7 Å². The van der Waals surface area contributed by atoms with E-state index in [9.17, 15) is 5.11 Å². The second-order valence-electron chi connectivity index (χ2n) is 4.86. The molecule has 0 aliphatic heterocycles. The fraction of sp³-hybridized carbons (Fsp3) is 0. The minimum atomic E-state index is 0.343. The summed E-state index contributed by atoms with van der Waals surface area (Å²) in [5.41, 5.74) is 0.907. The van der Waals surface area contributed by atoms with Gasteiger partial charge in [0.1, 0.15) is 5.75 Å². The zero-order valence-corrected chi connectivity index (χ0v) is 11.5. The lowest BCUT2D eigenvalue weighted by molar-refractivity contribution is 0.478. The van der Waals surface area contributed by atoms with Crippen molar-refractivity contribution in [1.29, 1.82) is 0 Å². The number of phenolic OH excluding ortho intramolecular Hbond substituents is 1. The van der Waals surface area contributed by atoms with Crippen LogP contribution in [0.1, 0.15) is 0 Å². The fourth-order valence-corrected chi connectivity index (χ4v) is 3.63. The maximum Gasteiger partial charge on any atom is 0.124 e. The topological polar surface area (TPSA) is 20.2 Å². The standard InChI is InChI=1S/C18H12OS/c19-16-10-13-6-2-1-5-12(13)9-15(16)18-11-14-7-3-4-8-17(14)20-18/h1-11,19H. The van der Waals surface area contributed by atoms with Crippen LogP contribution in [-0.4, -0.2) is 5.11 Å². The lowest BCUT2D eigenvalue weighted by atomic mass is 10.0. The Balaban J connectivity index is 1.98. The predicted molar refractivity (Wildman–Crippen MR) is 86.4 cm³/mol. The van der Waals surface area contributed by atoms with Crippen LogP contribution in [0.3, 0.4) is 0 Å². The number of hydrogen-bond donors (Lipinski definition) is 1. The van der Waals surface area contributed by atoms with E-state index < -0.39 is 0 Å². The molecule has 0 spiro atoms. The van der Waals surface area contributed by atoms with Gasteiger partial charge >= 0.3 is 0 Å². The molecule has 0 amide bonds. The molecule has 96 valence electrons. The number of aromatic hydroxyl groups is 1. The number of thiophene rings is 1. The Hall–Kier alpha value is -2.32. The highest BCUT2D eigenvalue weighted by Crippen LogP contribution is 2.39. The molecular weight excluding hydrogens is 264 g/mol. The monoisotopic (exact) mass is 276 g/mol. The Labute approximate surface area is 120 Å². The molecule has 4 aromatic rings. The summed E-state index contributed by atoms with van der Waals surface area (Å²) < 4.78 is 1.25. The zero-order valence-electron chi connectivity index (χ0n) is 10.7. The first-order valence-corrected chi connectivity index (χ1v) is 7.34. The average Bonchev–Trinajstić information content (AvgIpc) is 2.90. The molecular formula is C18H12OS. The molecule has 0 saturated heterocycles. The van der Waals surface area contributed by atoms with Crippen LogP contribution in [0.5, 0.6) is 5.75 Å². The van der Waals surface area contributed by atoms with Crippen LogP contribution in [0.25, 0.3) is 31.3 Å². The van der Waals surface area contributed by atoms with E-state index in [1.807, 2.05) is 36.4 Å². The third kappa shape index (κ3) is 1.77. The SMILES string of the molecule is Oc1cc2ccccc2cc1-c1cc2ccccc2s1. The smallest absolute Gasteiger partial charge is 0.124 e. The zero-order chi connectivity index (χ0) is 13.5. The van der Waals surface area contributed by atoms with Gasteiger partial charge in [0.2, 0.25) is 0 Å². The number of rotatable bonds is 1. The molecule has 1 heterocycles. The molecule has 1 N–H and O–H groups in total. The molecule has 0 radical (unpaired) electrons. The molecule has 0 aliphatic carbocycles. The molecule has 0 bridgehead atoms. The van der Waals surface area contributed by atoms with Gasteiger partial charge in [-0.3, -0.25) is 0 Å². The van der Waals surface area contributed by atoms with Crippen molar-refractivity contribution in [2.45, 2.75) is 0 Å². The van der Waals surface area contributed by atoms with Crippen LogP contribution in [-0.2, 0) is 0 Å². The summed E-state index contributed by atoms with van der Waals surface area (Å²) in [4.78, 5) is 1.11. The molecule has 3 aromatic carbocycles. The molecule has 1 nitrogen and oxygen atoms in total. The van der Waals surface area contributed by atoms with Crippen LogP contribution in [0.4, 0.5) is 0 Å². The van der Waals surface area contributed by atoms with E-state index >= 15 is 0 Å². The Bertz CT molecular complexity index is 888. The van der Waals surface area contributed by atoms with Crippen molar-refractivity contribution in [3.8, 4) is 16.2 Å². The first-order valence-electron chi connectivity index (χ1n) is 6.52. The molecule has 20 heavy (non-hydrogen) atoms. The Kier molecular flexibility index (Phi) is 2.51. The number of hydrogen-bond acceptors (Lipinski definition) is 2. The quantitative estimate of drug-likeness (QED) is 0.491. The van der Waals surface area contributed by atoms with E-state index in [-0.39, 0.29) is 0 Å². The molecule has 0 atom stereocenters. The van der Waals surface area contributed by atoms with Crippen LogP contribution in [0.15, 0.2) is 66.7 Å². The molecule has 1 aromatic heterocycles. The van der Waals surface area contributed by atoms with E-state index in [4.69, 9.17) is 0 Å². The van der Waals surface area contributed by atoms with Gasteiger partial charge in [-0.15, -0.1) is 11.3 Å². The molecule has 0 fully saturated rings. The summed E-state index contributed by atoms with van der Waals surface area (Å²) >= 11 is 1.71. The van der Waals surface area contributed by atoms with Crippen molar-refractivity contribution < 1.29 is 5.11 Å². The van der Waals surface area contributed by atoms with Crippen molar-refractivity contribution >= 4 is 32.2 Å². The van der Waals surface area contributed by atoms with Gasteiger partial charge < -0.3 is 5.11 Å². The third-order valence-electron chi connectivity index (χ3n) is 3.56. The second-order valence-corrected chi connectivity index (χ2v) is 5.95. The molecule has 0 saturated carbocycles. The Morgan fingerprint density at radius 2 is 1.35 bits per heavy atom. The first-order chi connectivity index (χ1) is 9.81. The summed E-state index contributed by atoms with van der Waals surface area (Å²) in [6, 6.07) is 22.5. The number of phenols is 1. The van der Waals surface area contributed by atoms with Crippen LogP contribution in [0.2, 0.25) is 0 Å². The minimum absolute atomic E-state index is 0.343. The van der Waals surface area contributed by atoms with Gasteiger partial charge in [-0.05, 0) is 40.4 Å². The average molecular weight is 276 g/mol. The highest BCUT2D eigenvalue weighted by atomic mass is 32.1. The van der Waals surface area contributed by atoms with Gasteiger partial charge in [0, 0.05) is 15.1 Å². The highest BCUT2D eigenvalue weighted by Gasteiger charge is 2.09. The maximum atomic E-state index is 10.3. The maximum absolute atomic E-state index is 10.3. The van der Waals surface area contributed by atoms with E-state index in [0.717, 1.165) is 21.2 Å². The summed E-state index contributed by atoms with van der Waals surface area (Å²) in [5.74, 6) is 0.343. The number of fused-ring (bicyclic) bond motifs is 2. The Morgan fingerprint density at radius 1 is 0.700 bits per heavy atom. The molecule has 0 unspecified atom stereocenters. The third-order valence-corrected chi connectivity index (χ3v) is 4.70. The van der Waals surface area contributed by atoms with Crippen molar-refractivity contribution in [3.63, 3.8) is 0 Å². The van der Waals surface area contributed by atoms with Crippen molar-refractivity contribution in [2.75, 3.05) is 0 Å². The van der Waals surface area contributed by atoms with Gasteiger partial charge in [0.05, 0.1) is 0 Å². The molecule has 2 heteroatoms. The first kappa shape index (κ1) is 11.5. The summed E-state index contributed by atoms with van der Waals surface area (Å²) in [6.45, 7) is 0. The second kappa shape index (κ2) is 4.36. The van der Waals surface area contributed by atoms with E-state index in [1.165, 1.54) is 10.1 Å². The van der Waals surface area contributed by atoms with E-state index in [1.54, 1.807) is 11.3 Å². The summed E-state index contributed by atoms with van der Waals surface area (Å²) in [6.07, 6.45) is 0. The summed E-state index contributed by atoms with van der Waals surface area (Å²) in [7, 11) is 0. The van der Waals surface area contributed by atoms with E-state index in [2.05, 4.69) is 30.3 Å². The van der Waals surface area contributed by atoms with E-state index in [0.29, 0.717) is 5.75 Å². The largest absolute Gasteiger partial charge is 0.507 e. The van der Waals surface area contributed by atoms with Gasteiger partial charge in [-0.2, -0.15) is 0 Å². The highest BCUT2D eigenvalue weighted by molar-refractivity contribution is 7.22.